The van der Waals surface area contributed by atoms with E-state index in [0.29, 0.717) is 11.6 Å². The quantitative estimate of drug-likeness (QED) is 0.630. The summed E-state index contributed by atoms with van der Waals surface area (Å²) in [4.78, 5) is 8.99. The van der Waals surface area contributed by atoms with Crippen LogP contribution in [0.3, 0.4) is 0 Å². The van der Waals surface area contributed by atoms with Gasteiger partial charge in [0.15, 0.2) is 6.23 Å². The zero-order valence-electron chi connectivity index (χ0n) is 15.7. The number of hydrogen-bond donors (Lipinski definition) is 3. The number of hydrogen-bond acceptors (Lipinski definition) is 6. The molecule has 2 fully saturated rings. The summed E-state index contributed by atoms with van der Waals surface area (Å²) in [6.07, 6.45) is 2.88. The minimum absolute atomic E-state index is 0.452. The zero-order chi connectivity index (χ0) is 19.3. The highest BCUT2D eigenvalue weighted by Gasteiger charge is 2.42. The molecule has 1 saturated heterocycles. The van der Waals surface area contributed by atoms with Crippen molar-refractivity contribution in [2.75, 3.05) is 11.9 Å². The number of nitrogens with one attached hydrogen (secondary N) is 1. The molecule has 4 atom stereocenters. The number of benzene rings is 1. The lowest BCUT2D eigenvalue weighted by Gasteiger charge is -2.17. The molecule has 0 radical (unpaired) electrons. The Kier molecular flexibility index (Phi) is 4.30. The molecule has 2 aliphatic rings. The van der Waals surface area contributed by atoms with Gasteiger partial charge in [-0.2, -0.15) is 0 Å². The molecule has 3 aromatic rings. The van der Waals surface area contributed by atoms with Crippen molar-refractivity contribution >= 4 is 16.9 Å². The Morgan fingerprint density at radius 1 is 1.14 bits per heavy atom. The molecule has 28 heavy (non-hydrogen) atoms. The normalized spacial score (nSPS) is 27.4. The first-order valence-electron chi connectivity index (χ1n) is 9.80. The molecule has 7 nitrogen and oxygen atoms in total. The molecule has 5 rings (SSSR count). The third kappa shape index (κ3) is 2.96. The minimum atomic E-state index is -1.02. The summed E-state index contributed by atoms with van der Waals surface area (Å²) in [5.41, 5.74) is 2.69. The summed E-state index contributed by atoms with van der Waals surface area (Å²) in [6.45, 7) is 2.65. The van der Waals surface area contributed by atoms with Gasteiger partial charge in [-0.3, -0.25) is 0 Å². The summed E-state index contributed by atoms with van der Waals surface area (Å²) in [7, 11) is 0. The number of aliphatic hydroxyl groups is 2. The van der Waals surface area contributed by atoms with E-state index >= 15 is 0 Å². The Bertz CT molecular complexity index is 986. The number of anilines is 1. The zero-order valence-corrected chi connectivity index (χ0v) is 15.7. The monoisotopic (exact) mass is 380 g/mol. The van der Waals surface area contributed by atoms with Crippen LogP contribution in [0.2, 0.25) is 0 Å². The fourth-order valence-electron chi connectivity index (χ4n) is 3.87. The van der Waals surface area contributed by atoms with Crippen molar-refractivity contribution in [2.45, 2.75) is 44.3 Å². The smallest absolute Gasteiger partial charge is 0.164 e. The van der Waals surface area contributed by atoms with Crippen LogP contribution in [0.15, 0.2) is 42.9 Å². The molecule has 7 heteroatoms. The van der Waals surface area contributed by atoms with E-state index in [1.54, 1.807) is 6.92 Å². The maximum atomic E-state index is 10.5. The molecule has 146 valence electrons. The lowest BCUT2D eigenvalue weighted by Crippen LogP contribution is -2.30. The molecule has 1 aliphatic carbocycles. The molecule has 0 spiro atoms. The summed E-state index contributed by atoms with van der Waals surface area (Å²) >= 11 is 0. The van der Waals surface area contributed by atoms with E-state index in [1.807, 2.05) is 41.1 Å². The van der Waals surface area contributed by atoms with Gasteiger partial charge in [0.2, 0.25) is 0 Å². The van der Waals surface area contributed by atoms with Crippen molar-refractivity contribution < 1.29 is 14.9 Å². The van der Waals surface area contributed by atoms with Crippen LogP contribution in [0.5, 0.6) is 0 Å². The minimum Gasteiger partial charge on any atom is -0.388 e. The second-order valence-electron chi connectivity index (χ2n) is 7.77. The maximum absolute atomic E-state index is 10.5. The molecule has 0 unspecified atom stereocenters. The van der Waals surface area contributed by atoms with Crippen LogP contribution in [-0.2, 0) is 4.74 Å². The molecule has 3 N–H and O–H groups in total. The van der Waals surface area contributed by atoms with Gasteiger partial charge in [0.1, 0.15) is 30.0 Å². The van der Waals surface area contributed by atoms with E-state index in [1.165, 1.54) is 19.2 Å². The molecule has 1 aliphatic heterocycles. The third-order valence-corrected chi connectivity index (χ3v) is 5.70. The Morgan fingerprint density at radius 3 is 2.61 bits per heavy atom. The molecule has 1 aromatic carbocycles. The number of ether oxygens (including phenoxy) is 1. The van der Waals surface area contributed by atoms with Crippen LogP contribution < -0.4 is 5.32 Å². The second-order valence-corrected chi connectivity index (χ2v) is 7.77. The van der Waals surface area contributed by atoms with Crippen LogP contribution in [0.4, 0.5) is 5.82 Å². The fraction of sp³-hybridized carbons (Fsp3) is 0.429. The van der Waals surface area contributed by atoms with Crippen molar-refractivity contribution in [1.29, 1.82) is 0 Å². The van der Waals surface area contributed by atoms with Gasteiger partial charge in [-0.15, -0.1) is 0 Å². The predicted molar refractivity (Wildman–Crippen MR) is 106 cm³/mol. The molecule has 3 heterocycles. The summed E-state index contributed by atoms with van der Waals surface area (Å²) in [5, 5.41) is 25.1. The van der Waals surface area contributed by atoms with Gasteiger partial charge in [0.25, 0.3) is 0 Å². The van der Waals surface area contributed by atoms with Crippen LogP contribution >= 0.6 is 0 Å². The fourth-order valence-corrected chi connectivity index (χ4v) is 3.87. The standard InChI is InChI=1S/C21H24N4O3/c1-12-17(26)18(27)21(28-12)25-10-15(14-5-3-2-4-6-14)16-19(22-9-13-7-8-13)23-11-24-20(16)25/h2-6,10-13,17-18,21,26-27H,7-9H2,1H3,(H,22,23,24)/t12-,17-,18-,21-/m1/s1. The lowest BCUT2D eigenvalue weighted by atomic mass is 10.1. The molecule has 2 aromatic heterocycles. The largest absolute Gasteiger partial charge is 0.388 e. The average Bonchev–Trinajstić information content (AvgIpc) is 3.43. The van der Waals surface area contributed by atoms with Gasteiger partial charge in [-0.25, -0.2) is 9.97 Å². The van der Waals surface area contributed by atoms with Crippen molar-refractivity contribution in [3.8, 4) is 11.1 Å². The molecular formula is C21H24N4O3. The van der Waals surface area contributed by atoms with Crippen LogP contribution in [0, 0.1) is 5.92 Å². The Balaban J connectivity index is 1.66. The van der Waals surface area contributed by atoms with E-state index in [4.69, 9.17) is 4.74 Å². The second kappa shape index (κ2) is 6.84. The Morgan fingerprint density at radius 2 is 1.93 bits per heavy atom. The van der Waals surface area contributed by atoms with E-state index in [0.717, 1.165) is 28.9 Å². The van der Waals surface area contributed by atoms with Crippen molar-refractivity contribution in [3.63, 3.8) is 0 Å². The maximum Gasteiger partial charge on any atom is 0.164 e. The van der Waals surface area contributed by atoms with Gasteiger partial charge in [0, 0.05) is 18.3 Å². The van der Waals surface area contributed by atoms with E-state index < -0.39 is 24.5 Å². The van der Waals surface area contributed by atoms with E-state index in [-0.39, 0.29) is 0 Å². The van der Waals surface area contributed by atoms with E-state index in [2.05, 4.69) is 15.3 Å². The predicted octanol–water partition coefficient (Wildman–Crippen LogP) is 2.56. The number of rotatable bonds is 5. The molecular weight excluding hydrogens is 356 g/mol. The lowest BCUT2D eigenvalue weighted by molar-refractivity contribution is -0.0295. The third-order valence-electron chi connectivity index (χ3n) is 5.70. The topological polar surface area (TPSA) is 92.4 Å². The highest BCUT2D eigenvalue weighted by Crippen LogP contribution is 2.39. The van der Waals surface area contributed by atoms with Crippen molar-refractivity contribution in [3.05, 3.63) is 42.9 Å². The van der Waals surface area contributed by atoms with Gasteiger partial charge >= 0.3 is 0 Å². The van der Waals surface area contributed by atoms with Crippen molar-refractivity contribution in [2.24, 2.45) is 5.92 Å². The summed E-state index contributed by atoms with van der Waals surface area (Å²) < 4.78 is 7.68. The first-order valence-corrected chi connectivity index (χ1v) is 9.80. The van der Waals surface area contributed by atoms with Crippen molar-refractivity contribution in [1.82, 2.24) is 14.5 Å². The number of aromatic nitrogens is 3. The van der Waals surface area contributed by atoms with Crippen LogP contribution in [0.1, 0.15) is 26.0 Å². The number of fused-ring (bicyclic) bond motifs is 1. The molecule has 0 bridgehead atoms. The summed E-state index contributed by atoms with van der Waals surface area (Å²) in [5.74, 6) is 1.50. The highest BCUT2D eigenvalue weighted by molar-refractivity contribution is 6.01. The van der Waals surface area contributed by atoms with Crippen LogP contribution in [-0.4, -0.2) is 49.6 Å². The van der Waals surface area contributed by atoms with E-state index in [9.17, 15) is 10.2 Å². The molecule has 0 amide bonds. The Hall–Kier alpha value is -2.48. The molecule has 1 saturated carbocycles. The SMILES string of the molecule is C[C@H]1O[C@@H](n2cc(-c3ccccc3)c3c(NCC4CC4)ncnc32)[C@H](O)[C@@H]1O. The number of nitrogens with zero attached hydrogens (tertiary/aromatic N) is 3. The van der Waals surface area contributed by atoms with Gasteiger partial charge in [-0.1, -0.05) is 30.3 Å². The first-order chi connectivity index (χ1) is 13.6. The van der Waals surface area contributed by atoms with Gasteiger partial charge in [0.05, 0.1) is 11.5 Å². The number of aliphatic hydroxyl groups excluding tert-OH is 2. The van der Waals surface area contributed by atoms with Gasteiger partial charge in [-0.05, 0) is 31.2 Å². The summed E-state index contributed by atoms with van der Waals surface area (Å²) in [6, 6.07) is 10.0. The van der Waals surface area contributed by atoms with Gasteiger partial charge < -0.3 is 24.8 Å². The van der Waals surface area contributed by atoms with Crippen LogP contribution in [0.25, 0.3) is 22.2 Å². The highest BCUT2D eigenvalue weighted by atomic mass is 16.6. The first kappa shape index (κ1) is 17.6. The average molecular weight is 380 g/mol. The Labute approximate surface area is 163 Å².